The summed E-state index contributed by atoms with van der Waals surface area (Å²) in [7, 11) is 0. The van der Waals surface area contributed by atoms with Gasteiger partial charge in [0.1, 0.15) is 5.58 Å². The van der Waals surface area contributed by atoms with Gasteiger partial charge in [0.15, 0.2) is 5.58 Å². The SMILES string of the molecule is C1=C(c2ccccc2)[N-]C(c2cc(-c3ccccc3)cc3oc4c(-n5c6ccccc6c6ccccc65)cccc4c23)N=C1c1ccccc1. The fourth-order valence-electron chi connectivity index (χ4n) is 7.47. The Morgan fingerprint density at radius 3 is 1.78 bits per heavy atom. The first kappa shape index (κ1) is 28.4. The largest absolute Gasteiger partial charge is 0.659 e. The molecule has 1 aliphatic rings. The molecular formula is C46H30N3O-. The van der Waals surface area contributed by atoms with Gasteiger partial charge in [-0.05, 0) is 58.1 Å². The van der Waals surface area contributed by atoms with Gasteiger partial charge in [-0.25, -0.2) is 0 Å². The second kappa shape index (κ2) is 11.5. The smallest absolute Gasteiger partial charge is 0.159 e. The molecule has 0 aliphatic carbocycles. The van der Waals surface area contributed by atoms with E-state index in [1.165, 1.54) is 10.8 Å². The molecule has 1 aliphatic heterocycles. The van der Waals surface area contributed by atoms with E-state index in [-0.39, 0.29) is 0 Å². The van der Waals surface area contributed by atoms with E-state index in [0.717, 1.165) is 77.9 Å². The van der Waals surface area contributed by atoms with Gasteiger partial charge in [-0.3, -0.25) is 4.99 Å². The molecule has 0 radical (unpaired) electrons. The first-order valence-corrected chi connectivity index (χ1v) is 16.9. The molecule has 236 valence electrons. The highest BCUT2D eigenvalue weighted by atomic mass is 16.3. The highest BCUT2D eigenvalue weighted by Gasteiger charge is 2.22. The van der Waals surface area contributed by atoms with E-state index in [0.29, 0.717) is 0 Å². The average Bonchev–Trinajstić information content (AvgIpc) is 3.74. The van der Waals surface area contributed by atoms with Gasteiger partial charge in [0.2, 0.25) is 0 Å². The van der Waals surface area contributed by atoms with Crippen LogP contribution in [0, 0.1) is 0 Å². The third kappa shape index (κ3) is 4.57. The van der Waals surface area contributed by atoms with Crippen molar-refractivity contribution < 1.29 is 4.42 Å². The van der Waals surface area contributed by atoms with Crippen LogP contribution in [0.3, 0.4) is 0 Å². The van der Waals surface area contributed by atoms with Crippen LogP contribution in [-0.2, 0) is 0 Å². The molecule has 0 fully saturated rings. The molecule has 1 unspecified atom stereocenters. The summed E-state index contributed by atoms with van der Waals surface area (Å²) in [6.07, 6.45) is 1.61. The summed E-state index contributed by atoms with van der Waals surface area (Å²) in [5, 5.41) is 9.85. The summed E-state index contributed by atoms with van der Waals surface area (Å²) in [6, 6.07) is 59.3. The van der Waals surface area contributed by atoms with Crippen molar-refractivity contribution in [2.45, 2.75) is 6.17 Å². The number of hydrogen-bond donors (Lipinski definition) is 0. The number of nitrogens with zero attached hydrogens (tertiary/aromatic N) is 3. The molecule has 0 amide bonds. The summed E-state index contributed by atoms with van der Waals surface area (Å²) in [5.74, 6) is 0. The van der Waals surface area contributed by atoms with E-state index in [9.17, 15) is 0 Å². The van der Waals surface area contributed by atoms with Crippen LogP contribution in [0.5, 0.6) is 0 Å². The van der Waals surface area contributed by atoms with Crippen molar-refractivity contribution in [1.82, 2.24) is 4.57 Å². The van der Waals surface area contributed by atoms with Gasteiger partial charge in [0.25, 0.3) is 0 Å². The van der Waals surface area contributed by atoms with Gasteiger partial charge >= 0.3 is 0 Å². The number of rotatable bonds is 5. The van der Waals surface area contributed by atoms with E-state index in [1.54, 1.807) is 0 Å². The number of allylic oxidation sites excluding steroid dienone is 1. The molecule has 7 aromatic carbocycles. The van der Waals surface area contributed by atoms with Crippen LogP contribution in [0.1, 0.15) is 22.9 Å². The Bertz CT molecular complexity index is 2720. The standard InChI is InChI=1S/C46H30N3O/c1-4-15-30(16-5-1)33-27-37(46-47-38(31-17-6-2-7-18-31)29-39(48-46)32-19-8-3-9-20-32)44-36-23-14-26-42(45(36)50-43(44)28-33)49-40-24-12-10-21-34(40)35-22-11-13-25-41(35)49/h1-29,46H/q-1. The second-order valence-electron chi connectivity index (χ2n) is 12.7. The van der Waals surface area contributed by atoms with Crippen molar-refractivity contribution in [2.75, 3.05) is 0 Å². The topological polar surface area (TPSA) is 44.5 Å². The van der Waals surface area contributed by atoms with Crippen LogP contribution in [0.2, 0.25) is 0 Å². The Kier molecular flexibility index (Phi) is 6.53. The normalized spacial score (nSPS) is 14.6. The maximum Gasteiger partial charge on any atom is 0.159 e. The molecule has 4 nitrogen and oxygen atoms in total. The number of benzene rings is 7. The lowest BCUT2D eigenvalue weighted by Crippen LogP contribution is -2.09. The number of aromatic nitrogens is 1. The van der Waals surface area contributed by atoms with Crippen LogP contribution >= 0.6 is 0 Å². The van der Waals surface area contributed by atoms with Crippen molar-refractivity contribution in [3.8, 4) is 16.8 Å². The molecule has 0 spiro atoms. The molecule has 2 aromatic heterocycles. The summed E-state index contributed by atoms with van der Waals surface area (Å²) in [6.45, 7) is 0. The number of furan rings is 1. The molecule has 0 saturated carbocycles. The zero-order valence-corrected chi connectivity index (χ0v) is 27.1. The Hall–Kier alpha value is -6.65. The number of fused-ring (bicyclic) bond motifs is 6. The average molecular weight is 641 g/mol. The van der Waals surface area contributed by atoms with E-state index >= 15 is 0 Å². The van der Waals surface area contributed by atoms with Crippen LogP contribution in [0.15, 0.2) is 185 Å². The Labute approximate surface area is 289 Å². The maximum absolute atomic E-state index is 7.00. The predicted molar refractivity (Wildman–Crippen MR) is 207 cm³/mol. The van der Waals surface area contributed by atoms with Crippen molar-refractivity contribution in [1.29, 1.82) is 0 Å². The van der Waals surface area contributed by atoms with Crippen LogP contribution < -0.4 is 0 Å². The van der Waals surface area contributed by atoms with E-state index in [4.69, 9.17) is 14.7 Å². The molecule has 9 aromatic rings. The van der Waals surface area contributed by atoms with Crippen LogP contribution in [0.25, 0.3) is 71.6 Å². The zero-order valence-electron chi connectivity index (χ0n) is 27.1. The van der Waals surface area contributed by atoms with Crippen molar-refractivity contribution in [3.63, 3.8) is 0 Å². The summed E-state index contributed by atoms with van der Waals surface area (Å²) in [5.41, 5.74) is 12.0. The van der Waals surface area contributed by atoms with Crippen molar-refractivity contribution in [2.24, 2.45) is 4.99 Å². The Morgan fingerprint density at radius 1 is 0.520 bits per heavy atom. The maximum atomic E-state index is 7.00. The fraction of sp³-hybridized carbons (Fsp3) is 0.0217. The van der Waals surface area contributed by atoms with E-state index < -0.39 is 6.17 Å². The molecule has 0 bridgehead atoms. The molecule has 10 rings (SSSR count). The lowest BCUT2D eigenvalue weighted by atomic mass is 9.95. The third-order valence-electron chi connectivity index (χ3n) is 9.75. The first-order valence-electron chi connectivity index (χ1n) is 16.9. The van der Waals surface area contributed by atoms with E-state index in [2.05, 4.69) is 162 Å². The molecule has 50 heavy (non-hydrogen) atoms. The second-order valence-corrected chi connectivity index (χ2v) is 12.7. The van der Waals surface area contributed by atoms with Gasteiger partial charge < -0.3 is 14.3 Å². The molecule has 1 atom stereocenters. The highest BCUT2D eigenvalue weighted by Crippen LogP contribution is 2.46. The van der Waals surface area contributed by atoms with Gasteiger partial charge in [0, 0.05) is 27.7 Å². The molecule has 0 saturated heterocycles. The lowest BCUT2D eigenvalue weighted by molar-refractivity contribution is 0.666. The minimum absolute atomic E-state index is 0.491. The van der Waals surface area contributed by atoms with Gasteiger partial charge in [-0.2, -0.15) is 0 Å². The zero-order chi connectivity index (χ0) is 33.0. The quantitative estimate of drug-likeness (QED) is 0.185. The molecule has 3 heterocycles. The third-order valence-corrected chi connectivity index (χ3v) is 9.75. The number of hydrogen-bond acceptors (Lipinski definition) is 2. The van der Waals surface area contributed by atoms with Gasteiger partial charge in [-0.15, -0.1) is 5.70 Å². The lowest BCUT2D eigenvalue weighted by Gasteiger charge is -2.38. The molecular weight excluding hydrogens is 611 g/mol. The Morgan fingerprint density at radius 2 is 1.10 bits per heavy atom. The van der Waals surface area contributed by atoms with Crippen molar-refractivity contribution in [3.05, 3.63) is 198 Å². The minimum atomic E-state index is -0.491. The number of aliphatic imine (C=N–C) groups is 1. The summed E-state index contributed by atoms with van der Waals surface area (Å²) >= 11 is 0. The van der Waals surface area contributed by atoms with E-state index in [1.807, 2.05) is 18.2 Å². The Balaban J connectivity index is 1.25. The van der Waals surface area contributed by atoms with Crippen molar-refractivity contribution >= 4 is 55.2 Å². The van der Waals surface area contributed by atoms with Crippen LogP contribution in [-0.4, -0.2) is 10.3 Å². The summed E-state index contributed by atoms with van der Waals surface area (Å²) in [4.78, 5) is 5.35. The monoisotopic (exact) mass is 640 g/mol. The molecule has 4 heteroatoms. The minimum Gasteiger partial charge on any atom is -0.659 e. The highest BCUT2D eigenvalue weighted by molar-refractivity contribution is 6.16. The summed E-state index contributed by atoms with van der Waals surface area (Å²) < 4.78 is 9.33. The molecule has 0 N–H and O–H groups in total. The van der Waals surface area contributed by atoms with Gasteiger partial charge in [-0.1, -0.05) is 146 Å². The first-order chi connectivity index (χ1) is 24.8. The number of para-hydroxylation sites is 3. The van der Waals surface area contributed by atoms with Crippen LogP contribution in [0.4, 0.5) is 0 Å². The predicted octanol–water partition coefficient (Wildman–Crippen LogP) is 12.3. The van der Waals surface area contributed by atoms with Gasteiger partial charge in [0.05, 0.1) is 22.4 Å². The fourth-order valence-corrected chi connectivity index (χ4v) is 7.47.